The number of hydrogen-bond donors (Lipinski definition) is 0. The summed E-state index contributed by atoms with van der Waals surface area (Å²) in [7, 11) is 0. The fraction of sp³-hybridized carbons (Fsp3) is 0.750. The first-order valence-electron chi connectivity index (χ1n) is 5.42. The molecule has 0 radical (unpaired) electrons. The highest BCUT2D eigenvalue weighted by atomic mass is 16.1. The number of aldehydes is 1. The molecule has 0 bridgehead atoms. The van der Waals surface area contributed by atoms with Gasteiger partial charge in [-0.1, -0.05) is 44.6 Å². The maximum Gasteiger partial charge on any atom is 0.142 e. The molecule has 0 aliphatic rings. The second-order valence-corrected chi connectivity index (χ2v) is 3.67. The number of carbonyl (C=O) groups is 1. The third-order valence-electron chi connectivity index (χ3n) is 2.28. The van der Waals surface area contributed by atoms with Crippen molar-refractivity contribution >= 4 is 6.29 Å². The van der Waals surface area contributed by atoms with Crippen LogP contribution in [0.25, 0.3) is 0 Å². The number of unbranched alkanes of at least 4 members (excludes halogenated alkanes) is 5. The normalized spacial score (nSPS) is 11.7. The minimum absolute atomic E-state index is 0.881. The van der Waals surface area contributed by atoms with Gasteiger partial charge in [-0.05, 0) is 25.8 Å². The molecule has 0 N–H and O–H groups in total. The van der Waals surface area contributed by atoms with Crippen molar-refractivity contribution in [2.75, 3.05) is 0 Å². The van der Waals surface area contributed by atoms with Gasteiger partial charge in [0.05, 0.1) is 0 Å². The minimum atomic E-state index is 0.881. The van der Waals surface area contributed by atoms with Crippen LogP contribution in [0.1, 0.15) is 58.8 Å². The molecule has 0 spiro atoms. The largest absolute Gasteiger partial charge is 0.299 e. The SMILES string of the molecule is CCCCCCCC/C(C)=C/C=O. The van der Waals surface area contributed by atoms with Gasteiger partial charge < -0.3 is 0 Å². The van der Waals surface area contributed by atoms with E-state index in [9.17, 15) is 4.79 Å². The van der Waals surface area contributed by atoms with Crippen LogP contribution in [0.4, 0.5) is 0 Å². The van der Waals surface area contributed by atoms with Crippen LogP contribution in [0.5, 0.6) is 0 Å². The molecule has 0 aromatic rings. The Balaban J connectivity index is 3.16. The molecule has 0 aromatic carbocycles. The summed E-state index contributed by atoms with van der Waals surface area (Å²) >= 11 is 0. The van der Waals surface area contributed by atoms with Crippen molar-refractivity contribution in [1.29, 1.82) is 0 Å². The highest BCUT2D eigenvalue weighted by molar-refractivity contribution is 5.65. The van der Waals surface area contributed by atoms with Crippen molar-refractivity contribution in [1.82, 2.24) is 0 Å². The van der Waals surface area contributed by atoms with Crippen LogP contribution in [0.15, 0.2) is 11.6 Å². The molecule has 1 heteroatoms. The summed E-state index contributed by atoms with van der Waals surface area (Å²) in [5.74, 6) is 0. The van der Waals surface area contributed by atoms with E-state index in [1.54, 1.807) is 6.08 Å². The third kappa shape index (κ3) is 9.32. The molecular formula is C12H22O. The monoisotopic (exact) mass is 182 g/mol. The van der Waals surface area contributed by atoms with Gasteiger partial charge >= 0.3 is 0 Å². The number of carbonyl (C=O) groups excluding carboxylic acids is 1. The summed E-state index contributed by atoms with van der Waals surface area (Å²) in [5, 5.41) is 0. The van der Waals surface area contributed by atoms with Gasteiger partial charge in [-0.2, -0.15) is 0 Å². The average molecular weight is 182 g/mol. The van der Waals surface area contributed by atoms with Crippen LogP contribution in [-0.2, 0) is 4.79 Å². The molecule has 0 heterocycles. The lowest BCUT2D eigenvalue weighted by atomic mass is 10.1. The molecule has 0 aliphatic carbocycles. The third-order valence-corrected chi connectivity index (χ3v) is 2.28. The molecule has 0 aliphatic heterocycles. The molecule has 1 nitrogen and oxygen atoms in total. The van der Waals surface area contributed by atoms with Crippen molar-refractivity contribution in [2.45, 2.75) is 58.8 Å². The summed E-state index contributed by atoms with van der Waals surface area (Å²) in [6, 6.07) is 0. The zero-order valence-corrected chi connectivity index (χ0v) is 9.01. The Hall–Kier alpha value is -0.590. The standard InChI is InChI=1S/C12H22O/c1-3-4-5-6-7-8-9-12(2)10-11-13/h10-11H,3-9H2,1-2H3/b12-10+. The first-order chi connectivity index (χ1) is 6.31. The Bertz CT molecular complexity index is 147. The first-order valence-corrected chi connectivity index (χ1v) is 5.42. The number of hydrogen-bond acceptors (Lipinski definition) is 1. The highest BCUT2D eigenvalue weighted by Crippen LogP contribution is 2.10. The fourth-order valence-electron chi connectivity index (χ4n) is 1.38. The quantitative estimate of drug-likeness (QED) is 0.316. The smallest absolute Gasteiger partial charge is 0.142 e. The Kier molecular flexibility index (Phi) is 9.07. The van der Waals surface area contributed by atoms with Crippen molar-refractivity contribution < 1.29 is 4.79 Å². The predicted molar refractivity (Wildman–Crippen MR) is 57.8 cm³/mol. The van der Waals surface area contributed by atoms with E-state index in [1.165, 1.54) is 44.1 Å². The van der Waals surface area contributed by atoms with E-state index < -0.39 is 0 Å². The Labute approximate surface area is 82.2 Å². The first kappa shape index (κ1) is 12.4. The van der Waals surface area contributed by atoms with Crippen LogP contribution in [0.2, 0.25) is 0 Å². The Morgan fingerprint density at radius 3 is 2.31 bits per heavy atom. The highest BCUT2D eigenvalue weighted by Gasteiger charge is 1.91. The van der Waals surface area contributed by atoms with Crippen molar-refractivity contribution in [2.24, 2.45) is 0 Å². The van der Waals surface area contributed by atoms with Gasteiger partial charge in [0.2, 0.25) is 0 Å². The van der Waals surface area contributed by atoms with Crippen LogP contribution in [-0.4, -0.2) is 6.29 Å². The molecule has 0 rings (SSSR count). The van der Waals surface area contributed by atoms with Gasteiger partial charge in [-0.25, -0.2) is 0 Å². The molecule has 0 fully saturated rings. The van der Waals surface area contributed by atoms with E-state index in [0.717, 1.165) is 12.7 Å². The molecule has 0 saturated heterocycles. The van der Waals surface area contributed by atoms with E-state index in [0.29, 0.717) is 0 Å². The molecule has 0 aromatic heterocycles. The van der Waals surface area contributed by atoms with Crippen LogP contribution in [0, 0.1) is 0 Å². The van der Waals surface area contributed by atoms with Gasteiger partial charge in [0.25, 0.3) is 0 Å². The van der Waals surface area contributed by atoms with E-state index in [-0.39, 0.29) is 0 Å². The Morgan fingerprint density at radius 1 is 1.08 bits per heavy atom. The Morgan fingerprint density at radius 2 is 1.69 bits per heavy atom. The van der Waals surface area contributed by atoms with E-state index in [2.05, 4.69) is 6.92 Å². The lowest BCUT2D eigenvalue weighted by Crippen LogP contribution is -1.81. The van der Waals surface area contributed by atoms with Crippen molar-refractivity contribution in [3.8, 4) is 0 Å². The summed E-state index contributed by atoms with van der Waals surface area (Å²) in [4.78, 5) is 10.1. The second-order valence-electron chi connectivity index (χ2n) is 3.67. The summed E-state index contributed by atoms with van der Waals surface area (Å²) < 4.78 is 0. The van der Waals surface area contributed by atoms with Crippen LogP contribution in [0.3, 0.4) is 0 Å². The molecule has 13 heavy (non-hydrogen) atoms. The average Bonchev–Trinajstić information content (AvgIpc) is 2.11. The summed E-state index contributed by atoms with van der Waals surface area (Å²) in [5.41, 5.74) is 1.21. The lowest BCUT2D eigenvalue weighted by molar-refractivity contribution is -0.104. The van der Waals surface area contributed by atoms with Gasteiger partial charge in [0.15, 0.2) is 0 Å². The van der Waals surface area contributed by atoms with Gasteiger partial charge in [-0.15, -0.1) is 0 Å². The molecule has 0 atom stereocenters. The minimum Gasteiger partial charge on any atom is -0.299 e. The number of rotatable bonds is 8. The maximum atomic E-state index is 10.1. The maximum absolute atomic E-state index is 10.1. The molecule has 76 valence electrons. The number of allylic oxidation sites excluding steroid dienone is 2. The van der Waals surface area contributed by atoms with Crippen LogP contribution >= 0.6 is 0 Å². The van der Waals surface area contributed by atoms with Crippen molar-refractivity contribution in [3.63, 3.8) is 0 Å². The molecule has 0 unspecified atom stereocenters. The zero-order chi connectivity index (χ0) is 9.94. The predicted octanol–water partition coefficient (Wildman–Crippen LogP) is 3.88. The van der Waals surface area contributed by atoms with E-state index in [1.807, 2.05) is 6.92 Å². The summed E-state index contributed by atoms with van der Waals surface area (Å²) in [6.45, 7) is 4.26. The van der Waals surface area contributed by atoms with Gasteiger partial charge in [0.1, 0.15) is 6.29 Å². The van der Waals surface area contributed by atoms with Crippen molar-refractivity contribution in [3.05, 3.63) is 11.6 Å². The molecule has 0 saturated carbocycles. The molecule has 0 amide bonds. The topological polar surface area (TPSA) is 17.1 Å². The van der Waals surface area contributed by atoms with E-state index >= 15 is 0 Å². The second kappa shape index (κ2) is 9.50. The van der Waals surface area contributed by atoms with E-state index in [4.69, 9.17) is 0 Å². The van der Waals surface area contributed by atoms with Crippen LogP contribution < -0.4 is 0 Å². The lowest BCUT2D eigenvalue weighted by Gasteiger charge is -2.00. The van der Waals surface area contributed by atoms with Gasteiger partial charge in [0, 0.05) is 0 Å². The summed E-state index contributed by atoms with van der Waals surface area (Å²) in [6.07, 6.45) is 11.6. The fourth-order valence-corrected chi connectivity index (χ4v) is 1.38. The molecular weight excluding hydrogens is 160 g/mol. The van der Waals surface area contributed by atoms with Gasteiger partial charge in [-0.3, -0.25) is 4.79 Å². The zero-order valence-electron chi connectivity index (χ0n) is 9.01.